The topological polar surface area (TPSA) is 76.8 Å². The Morgan fingerprint density at radius 3 is 2.78 bits per heavy atom. The third kappa shape index (κ3) is 2.40. The van der Waals surface area contributed by atoms with E-state index >= 15 is 0 Å². The lowest BCUT2D eigenvalue weighted by atomic mass is 10.1. The summed E-state index contributed by atoms with van der Waals surface area (Å²) in [4.78, 5) is 22.9. The van der Waals surface area contributed by atoms with Crippen LogP contribution in [-0.2, 0) is 19.4 Å². The minimum Gasteiger partial charge on any atom is -0.330 e. The fourth-order valence-electron chi connectivity index (χ4n) is 3.80. The Hall–Kier alpha value is -2.31. The second-order valence-corrected chi connectivity index (χ2v) is 6.32. The van der Waals surface area contributed by atoms with E-state index in [2.05, 4.69) is 31.7 Å². The summed E-state index contributed by atoms with van der Waals surface area (Å²) in [5.41, 5.74) is 0.566. The summed E-state index contributed by atoms with van der Waals surface area (Å²) in [5.74, 6) is 2.10. The van der Waals surface area contributed by atoms with E-state index in [0.29, 0.717) is 5.56 Å². The van der Waals surface area contributed by atoms with Gasteiger partial charge in [-0.15, -0.1) is 10.2 Å². The van der Waals surface area contributed by atoms with Crippen molar-refractivity contribution in [1.82, 2.24) is 29.6 Å². The van der Waals surface area contributed by atoms with E-state index in [0.717, 1.165) is 50.3 Å². The third-order valence-electron chi connectivity index (χ3n) is 4.85. The van der Waals surface area contributed by atoms with Crippen molar-refractivity contribution in [3.05, 3.63) is 35.9 Å². The van der Waals surface area contributed by atoms with Crippen molar-refractivity contribution >= 4 is 5.91 Å². The average Bonchev–Trinajstić information content (AvgIpc) is 3.08. The Balaban J connectivity index is 1.64. The van der Waals surface area contributed by atoms with Gasteiger partial charge in [-0.3, -0.25) is 4.79 Å². The van der Waals surface area contributed by atoms with Crippen molar-refractivity contribution in [2.75, 3.05) is 0 Å². The third-order valence-corrected chi connectivity index (χ3v) is 4.85. The van der Waals surface area contributed by atoms with Crippen molar-refractivity contribution in [1.29, 1.82) is 0 Å². The van der Waals surface area contributed by atoms with Crippen LogP contribution in [0.2, 0.25) is 0 Å². The highest BCUT2D eigenvalue weighted by molar-refractivity contribution is 5.94. The van der Waals surface area contributed by atoms with Gasteiger partial charge in [0.25, 0.3) is 5.91 Å². The van der Waals surface area contributed by atoms with Crippen molar-refractivity contribution in [3.63, 3.8) is 0 Å². The molecule has 2 aromatic rings. The maximum Gasteiger partial charge on any atom is 0.257 e. The van der Waals surface area contributed by atoms with E-state index in [4.69, 9.17) is 0 Å². The Morgan fingerprint density at radius 1 is 1.22 bits per heavy atom. The molecular weight excluding hydrogens is 292 g/mol. The lowest BCUT2D eigenvalue weighted by Crippen LogP contribution is -2.42. The van der Waals surface area contributed by atoms with E-state index in [1.54, 1.807) is 12.4 Å². The number of aryl methyl sites for hydroxylation is 1. The number of amides is 1. The summed E-state index contributed by atoms with van der Waals surface area (Å²) >= 11 is 0. The second-order valence-electron chi connectivity index (χ2n) is 6.32. The van der Waals surface area contributed by atoms with Gasteiger partial charge in [0.2, 0.25) is 0 Å². The molecule has 2 aromatic heterocycles. The first-order valence-electron chi connectivity index (χ1n) is 8.26. The van der Waals surface area contributed by atoms with Crippen LogP contribution in [0, 0.1) is 0 Å². The van der Waals surface area contributed by atoms with Gasteiger partial charge in [-0.25, -0.2) is 9.97 Å². The number of rotatable bonds is 3. The standard InChI is InChI=1S/C16H20N6O/c1-2-3-14-19-20-15-6-12-4-5-13(9-21(14)15)22(12)16(23)11-7-17-10-18-8-11/h7-8,10,12-13H,2-6,9H2,1H3/t12-,13+/m0/s1. The second kappa shape index (κ2) is 5.72. The predicted molar refractivity (Wildman–Crippen MR) is 82.7 cm³/mol. The molecule has 0 aromatic carbocycles. The average molecular weight is 312 g/mol. The van der Waals surface area contributed by atoms with E-state index in [9.17, 15) is 4.79 Å². The summed E-state index contributed by atoms with van der Waals surface area (Å²) in [6.45, 7) is 2.95. The maximum atomic E-state index is 12.9. The van der Waals surface area contributed by atoms with Gasteiger partial charge < -0.3 is 9.47 Å². The minimum atomic E-state index is 0.0360. The fraction of sp³-hybridized carbons (Fsp3) is 0.562. The van der Waals surface area contributed by atoms with E-state index in [-0.39, 0.29) is 18.0 Å². The van der Waals surface area contributed by atoms with Crippen LogP contribution in [0.25, 0.3) is 0 Å². The molecule has 0 aliphatic carbocycles. The zero-order valence-corrected chi connectivity index (χ0v) is 13.2. The molecule has 0 spiro atoms. The van der Waals surface area contributed by atoms with Gasteiger partial charge in [-0.2, -0.15) is 0 Å². The largest absolute Gasteiger partial charge is 0.330 e. The van der Waals surface area contributed by atoms with Gasteiger partial charge in [0, 0.05) is 37.8 Å². The molecule has 0 N–H and O–H groups in total. The van der Waals surface area contributed by atoms with Gasteiger partial charge in [0.05, 0.1) is 11.6 Å². The van der Waals surface area contributed by atoms with Crippen molar-refractivity contribution in [2.45, 2.75) is 57.7 Å². The number of carbonyl (C=O) groups excluding carboxylic acids is 1. The van der Waals surface area contributed by atoms with Crippen molar-refractivity contribution in [3.8, 4) is 0 Å². The normalized spacial score (nSPS) is 22.7. The van der Waals surface area contributed by atoms with Gasteiger partial charge in [0.1, 0.15) is 18.0 Å². The molecule has 4 heterocycles. The molecule has 1 saturated heterocycles. The van der Waals surface area contributed by atoms with Gasteiger partial charge in [-0.1, -0.05) is 6.92 Å². The summed E-state index contributed by atoms with van der Waals surface area (Å²) in [6, 6.07) is 0.410. The van der Waals surface area contributed by atoms with Crippen LogP contribution >= 0.6 is 0 Å². The van der Waals surface area contributed by atoms with Crippen molar-refractivity contribution < 1.29 is 4.79 Å². The van der Waals surface area contributed by atoms with Gasteiger partial charge in [0.15, 0.2) is 0 Å². The molecular formula is C16H20N6O. The number of nitrogens with zero attached hydrogens (tertiary/aromatic N) is 6. The number of fused-ring (bicyclic) bond motifs is 3. The number of carbonyl (C=O) groups is 1. The molecule has 7 heteroatoms. The highest BCUT2D eigenvalue weighted by atomic mass is 16.2. The molecule has 4 rings (SSSR count). The zero-order valence-electron chi connectivity index (χ0n) is 13.2. The van der Waals surface area contributed by atoms with E-state index in [1.807, 2.05) is 4.90 Å². The summed E-state index contributed by atoms with van der Waals surface area (Å²) in [7, 11) is 0. The lowest BCUT2D eigenvalue weighted by Gasteiger charge is -2.27. The van der Waals surface area contributed by atoms with Crippen LogP contribution in [0.15, 0.2) is 18.7 Å². The molecule has 2 bridgehead atoms. The first-order chi connectivity index (χ1) is 11.3. The van der Waals surface area contributed by atoms with E-state index in [1.165, 1.54) is 6.33 Å². The van der Waals surface area contributed by atoms with Crippen LogP contribution in [0.5, 0.6) is 0 Å². The van der Waals surface area contributed by atoms with Gasteiger partial charge in [-0.05, 0) is 19.3 Å². The summed E-state index contributed by atoms with van der Waals surface area (Å²) in [6.07, 6.45) is 9.48. The highest BCUT2D eigenvalue weighted by Gasteiger charge is 2.41. The van der Waals surface area contributed by atoms with Crippen LogP contribution in [-0.4, -0.2) is 47.6 Å². The summed E-state index contributed by atoms with van der Waals surface area (Å²) < 4.78 is 2.23. The number of aromatic nitrogens is 5. The molecule has 23 heavy (non-hydrogen) atoms. The zero-order chi connectivity index (χ0) is 15.8. The van der Waals surface area contributed by atoms with Crippen molar-refractivity contribution in [2.24, 2.45) is 0 Å². The Labute approximate surface area is 134 Å². The number of hydrogen-bond donors (Lipinski definition) is 0. The molecule has 7 nitrogen and oxygen atoms in total. The number of hydrogen-bond acceptors (Lipinski definition) is 5. The summed E-state index contributed by atoms with van der Waals surface area (Å²) in [5, 5.41) is 8.71. The molecule has 0 unspecified atom stereocenters. The first-order valence-corrected chi connectivity index (χ1v) is 8.26. The highest BCUT2D eigenvalue weighted by Crippen LogP contribution is 2.32. The predicted octanol–water partition coefficient (Wildman–Crippen LogP) is 1.25. The quantitative estimate of drug-likeness (QED) is 0.852. The molecule has 2 aliphatic heterocycles. The first kappa shape index (κ1) is 14.3. The molecule has 2 atom stereocenters. The lowest BCUT2D eigenvalue weighted by molar-refractivity contribution is 0.0664. The fourth-order valence-corrected chi connectivity index (χ4v) is 3.80. The molecule has 0 radical (unpaired) electrons. The minimum absolute atomic E-state index is 0.0360. The molecule has 1 fully saturated rings. The van der Waals surface area contributed by atoms with Gasteiger partial charge >= 0.3 is 0 Å². The molecule has 2 aliphatic rings. The Morgan fingerprint density at radius 2 is 2.00 bits per heavy atom. The smallest absolute Gasteiger partial charge is 0.257 e. The van der Waals surface area contributed by atoms with E-state index < -0.39 is 0 Å². The molecule has 0 saturated carbocycles. The Kier molecular flexibility index (Phi) is 3.55. The maximum absolute atomic E-state index is 12.9. The SMILES string of the molecule is CCCc1nnc2n1C[C@H]1CC[C@@H](C2)N1C(=O)c1cncnc1. The van der Waals surface area contributed by atoms with Crippen LogP contribution in [0.3, 0.4) is 0 Å². The monoisotopic (exact) mass is 312 g/mol. The molecule has 120 valence electrons. The van der Waals surface area contributed by atoms with Crippen LogP contribution in [0.4, 0.5) is 0 Å². The van der Waals surface area contributed by atoms with Crippen LogP contribution < -0.4 is 0 Å². The Bertz CT molecular complexity index is 713. The van der Waals surface area contributed by atoms with Crippen LogP contribution in [0.1, 0.15) is 48.2 Å². The molecule has 1 amide bonds.